The van der Waals surface area contributed by atoms with Gasteiger partial charge in [0.15, 0.2) is 0 Å². The number of carbonyl (C=O) groups excluding carboxylic acids is 2. The van der Waals surface area contributed by atoms with Gasteiger partial charge in [-0.3, -0.25) is 10.1 Å². The number of urea groups is 1. The van der Waals surface area contributed by atoms with E-state index in [1.165, 1.54) is 0 Å². The number of nitrogens with zero attached hydrogens (tertiary/aromatic N) is 1. The molecule has 0 aromatic heterocycles. The summed E-state index contributed by atoms with van der Waals surface area (Å²) in [6, 6.07) is -0.641. The second-order valence-electron chi connectivity index (χ2n) is 4.01. The molecule has 0 aliphatic carbocycles. The summed E-state index contributed by atoms with van der Waals surface area (Å²) in [6.45, 7) is 7.44. The molecule has 1 aliphatic heterocycles. The summed E-state index contributed by atoms with van der Waals surface area (Å²) in [5.74, 6) is -0.213. The molecule has 0 spiro atoms. The Bertz CT molecular complexity index is 230. The van der Waals surface area contributed by atoms with E-state index in [0.717, 1.165) is 0 Å². The zero-order valence-electron chi connectivity index (χ0n) is 7.84. The Morgan fingerprint density at radius 3 is 2.00 bits per heavy atom. The van der Waals surface area contributed by atoms with Crippen LogP contribution < -0.4 is 5.32 Å². The van der Waals surface area contributed by atoms with E-state index < -0.39 is 0 Å². The van der Waals surface area contributed by atoms with Gasteiger partial charge in [-0.2, -0.15) is 0 Å². The third kappa shape index (κ3) is 1.29. The van der Waals surface area contributed by atoms with Crippen LogP contribution in [0.2, 0.25) is 0 Å². The minimum Gasteiger partial charge on any atom is -0.308 e. The topological polar surface area (TPSA) is 49.4 Å². The van der Waals surface area contributed by atoms with Crippen LogP contribution in [0.25, 0.3) is 0 Å². The monoisotopic (exact) mass is 170 g/mol. The number of rotatable bonds is 0. The van der Waals surface area contributed by atoms with Crippen LogP contribution in [0.5, 0.6) is 0 Å². The first kappa shape index (κ1) is 9.03. The number of hydrogen-bond donors (Lipinski definition) is 1. The number of hydrogen-bond acceptors (Lipinski definition) is 2. The molecule has 1 aliphatic rings. The molecule has 1 unspecified atom stereocenters. The zero-order valence-corrected chi connectivity index (χ0v) is 7.84. The van der Waals surface area contributed by atoms with Crippen LogP contribution >= 0.6 is 0 Å². The summed E-state index contributed by atoms with van der Waals surface area (Å²) < 4.78 is 0. The van der Waals surface area contributed by atoms with Crippen molar-refractivity contribution < 1.29 is 9.59 Å². The van der Waals surface area contributed by atoms with Crippen molar-refractivity contribution in [2.24, 2.45) is 0 Å². The van der Waals surface area contributed by atoms with E-state index in [9.17, 15) is 9.59 Å². The average Bonchev–Trinajstić information content (AvgIpc) is 2.05. The first-order valence-electron chi connectivity index (χ1n) is 3.98. The summed E-state index contributed by atoms with van der Waals surface area (Å²) in [6.07, 6.45) is 0. The first-order chi connectivity index (χ1) is 5.34. The summed E-state index contributed by atoms with van der Waals surface area (Å²) in [5, 5.41) is 2.27. The highest BCUT2D eigenvalue weighted by atomic mass is 16.2. The summed E-state index contributed by atoms with van der Waals surface area (Å²) in [7, 11) is 0. The van der Waals surface area contributed by atoms with Crippen LogP contribution in [-0.2, 0) is 4.79 Å². The van der Waals surface area contributed by atoms with Gasteiger partial charge in [-0.15, -0.1) is 0 Å². The maximum absolute atomic E-state index is 11.2. The number of nitrogens with one attached hydrogen (secondary N) is 1. The largest absolute Gasteiger partial charge is 0.325 e. The van der Waals surface area contributed by atoms with Gasteiger partial charge in [-0.05, 0) is 27.7 Å². The van der Waals surface area contributed by atoms with Gasteiger partial charge in [-0.25, -0.2) is 4.79 Å². The fourth-order valence-corrected chi connectivity index (χ4v) is 1.45. The van der Waals surface area contributed by atoms with Crippen molar-refractivity contribution in [3.8, 4) is 0 Å². The SMILES string of the molecule is CC1C(=O)NC(=O)N1C(C)(C)C. The van der Waals surface area contributed by atoms with Gasteiger partial charge in [0.2, 0.25) is 0 Å². The molecule has 1 saturated heterocycles. The Hall–Kier alpha value is -1.06. The highest BCUT2D eigenvalue weighted by Gasteiger charge is 2.41. The molecule has 0 saturated carbocycles. The van der Waals surface area contributed by atoms with Gasteiger partial charge >= 0.3 is 6.03 Å². The van der Waals surface area contributed by atoms with Crippen molar-refractivity contribution in [2.45, 2.75) is 39.3 Å². The van der Waals surface area contributed by atoms with E-state index >= 15 is 0 Å². The molecule has 0 aromatic rings. The van der Waals surface area contributed by atoms with E-state index in [-0.39, 0.29) is 23.5 Å². The molecule has 0 aromatic carbocycles. The summed E-state index contributed by atoms with van der Waals surface area (Å²) in [5.41, 5.74) is -0.296. The maximum atomic E-state index is 11.2. The van der Waals surface area contributed by atoms with Crippen LogP contribution in [-0.4, -0.2) is 28.4 Å². The van der Waals surface area contributed by atoms with Gasteiger partial charge in [0, 0.05) is 5.54 Å². The quantitative estimate of drug-likeness (QED) is 0.545. The Kier molecular flexibility index (Phi) is 1.86. The van der Waals surface area contributed by atoms with Crippen LogP contribution in [0, 0.1) is 0 Å². The lowest BCUT2D eigenvalue weighted by atomic mass is 10.1. The Morgan fingerprint density at radius 1 is 1.33 bits per heavy atom. The van der Waals surface area contributed by atoms with E-state index in [1.807, 2.05) is 20.8 Å². The average molecular weight is 170 g/mol. The predicted molar refractivity (Wildman–Crippen MR) is 44.6 cm³/mol. The van der Waals surface area contributed by atoms with Gasteiger partial charge in [0.05, 0.1) is 0 Å². The summed E-state index contributed by atoms with van der Waals surface area (Å²) in [4.78, 5) is 23.9. The molecule has 3 amide bonds. The standard InChI is InChI=1S/C8H14N2O2/c1-5-6(11)9-7(12)10(5)8(2,3)4/h5H,1-4H3,(H,9,11,12). The second kappa shape index (κ2) is 2.47. The van der Waals surface area contributed by atoms with Crippen molar-refractivity contribution in [1.82, 2.24) is 10.2 Å². The molecule has 1 N–H and O–H groups in total. The number of amides is 3. The van der Waals surface area contributed by atoms with E-state index in [1.54, 1.807) is 11.8 Å². The van der Waals surface area contributed by atoms with Crippen molar-refractivity contribution in [2.75, 3.05) is 0 Å². The zero-order chi connectivity index (χ0) is 9.52. The molecule has 1 fully saturated rings. The molecule has 68 valence electrons. The molecule has 4 heteroatoms. The Balaban J connectivity index is 2.91. The first-order valence-corrected chi connectivity index (χ1v) is 3.98. The van der Waals surface area contributed by atoms with Crippen LogP contribution in [0.3, 0.4) is 0 Å². The minimum absolute atomic E-state index is 0.213. The highest BCUT2D eigenvalue weighted by Crippen LogP contribution is 2.20. The Labute approximate surface area is 71.9 Å². The fourth-order valence-electron chi connectivity index (χ4n) is 1.45. The summed E-state index contributed by atoms with van der Waals surface area (Å²) >= 11 is 0. The van der Waals surface area contributed by atoms with E-state index in [2.05, 4.69) is 5.32 Å². The fraction of sp³-hybridized carbons (Fsp3) is 0.750. The lowest BCUT2D eigenvalue weighted by Crippen LogP contribution is -2.47. The van der Waals surface area contributed by atoms with Gasteiger partial charge in [-0.1, -0.05) is 0 Å². The van der Waals surface area contributed by atoms with Crippen LogP contribution in [0.15, 0.2) is 0 Å². The van der Waals surface area contributed by atoms with Crippen molar-refractivity contribution in [1.29, 1.82) is 0 Å². The third-order valence-corrected chi connectivity index (χ3v) is 1.94. The molecule has 1 rings (SSSR count). The van der Waals surface area contributed by atoms with Crippen molar-refractivity contribution >= 4 is 11.9 Å². The van der Waals surface area contributed by atoms with Gasteiger partial charge in [0.1, 0.15) is 6.04 Å². The molecular weight excluding hydrogens is 156 g/mol. The third-order valence-electron chi connectivity index (χ3n) is 1.94. The normalized spacial score (nSPS) is 24.7. The molecule has 0 bridgehead atoms. The minimum atomic E-state index is -0.350. The maximum Gasteiger partial charge on any atom is 0.325 e. The van der Waals surface area contributed by atoms with Crippen molar-refractivity contribution in [3.05, 3.63) is 0 Å². The smallest absolute Gasteiger partial charge is 0.308 e. The van der Waals surface area contributed by atoms with Gasteiger partial charge < -0.3 is 4.90 Å². The van der Waals surface area contributed by atoms with E-state index in [0.29, 0.717) is 0 Å². The lowest BCUT2D eigenvalue weighted by Gasteiger charge is -2.33. The van der Waals surface area contributed by atoms with Crippen LogP contribution in [0.4, 0.5) is 4.79 Å². The van der Waals surface area contributed by atoms with Gasteiger partial charge in [0.25, 0.3) is 5.91 Å². The number of imide groups is 1. The predicted octanol–water partition coefficient (Wildman–Crippen LogP) is 0.725. The second-order valence-corrected chi connectivity index (χ2v) is 4.01. The van der Waals surface area contributed by atoms with Crippen molar-refractivity contribution in [3.63, 3.8) is 0 Å². The van der Waals surface area contributed by atoms with Crippen LogP contribution in [0.1, 0.15) is 27.7 Å². The molecule has 1 atom stereocenters. The molecule has 0 radical (unpaired) electrons. The van der Waals surface area contributed by atoms with E-state index in [4.69, 9.17) is 0 Å². The molecular formula is C8H14N2O2. The number of carbonyl (C=O) groups is 2. The molecule has 1 heterocycles. The molecule has 4 nitrogen and oxygen atoms in total. The lowest BCUT2D eigenvalue weighted by molar-refractivity contribution is -0.121. The highest BCUT2D eigenvalue weighted by molar-refractivity contribution is 6.04. The Morgan fingerprint density at radius 2 is 1.83 bits per heavy atom. The molecule has 12 heavy (non-hydrogen) atoms.